The van der Waals surface area contributed by atoms with Gasteiger partial charge in [0.1, 0.15) is 5.75 Å². The summed E-state index contributed by atoms with van der Waals surface area (Å²) < 4.78 is 8.38. The zero-order chi connectivity index (χ0) is 22.0. The molecule has 0 aliphatic heterocycles. The van der Waals surface area contributed by atoms with Crippen LogP contribution in [0.3, 0.4) is 0 Å². The molecule has 0 saturated carbocycles. The molecule has 31 heavy (non-hydrogen) atoms. The van der Waals surface area contributed by atoms with Crippen molar-refractivity contribution in [1.29, 1.82) is 0 Å². The fourth-order valence-corrected chi connectivity index (χ4v) is 3.93. The van der Waals surface area contributed by atoms with Crippen LogP contribution in [-0.4, -0.2) is 22.2 Å². The van der Waals surface area contributed by atoms with Gasteiger partial charge in [0.25, 0.3) is 0 Å². The Kier molecular flexibility index (Phi) is 6.04. The second-order valence-electron chi connectivity index (χ2n) is 7.38. The van der Waals surface area contributed by atoms with Crippen LogP contribution in [0.5, 0.6) is 11.6 Å². The predicted molar refractivity (Wildman–Crippen MR) is 125 cm³/mol. The maximum atomic E-state index is 12.3. The average Bonchev–Trinajstić information content (AvgIpc) is 3.01. The summed E-state index contributed by atoms with van der Waals surface area (Å²) in [5.41, 5.74) is 2.21. The van der Waals surface area contributed by atoms with Crippen LogP contribution >= 0.6 is 15.9 Å². The van der Waals surface area contributed by atoms with E-state index in [2.05, 4.69) is 26.2 Å². The summed E-state index contributed by atoms with van der Waals surface area (Å²) in [5, 5.41) is 21.3. The van der Waals surface area contributed by atoms with Crippen LogP contribution < -0.4 is 4.74 Å². The number of hydrogen-bond acceptors (Lipinski definition) is 4. The van der Waals surface area contributed by atoms with Crippen molar-refractivity contribution in [2.24, 2.45) is 10.2 Å². The molecule has 1 heterocycles. The number of aryl methyl sites for hydroxylation is 2. The van der Waals surface area contributed by atoms with E-state index in [-0.39, 0.29) is 12.5 Å². The second-order valence-corrected chi connectivity index (χ2v) is 8.30. The van der Waals surface area contributed by atoms with Gasteiger partial charge in [-0.3, -0.25) is 4.79 Å². The molecule has 0 atom stereocenters. The van der Waals surface area contributed by atoms with Crippen LogP contribution in [0.1, 0.15) is 18.9 Å². The third-order valence-electron chi connectivity index (χ3n) is 5.01. The number of aromatic hydroxyl groups is 1. The summed E-state index contributed by atoms with van der Waals surface area (Å²) in [7, 11) is 0. The predicted octanol–water partition coefficient (Wildman–Crippen LogP) is 6.67. The summed E-state index contributed by atoms with van der Waals surface area (Å²) in [4.78, 5) is 12.3. The van der Waals surface area contributed by atoms with Gasteiger partial charge in [-0.25, -0.2) is 0 Å². The Balaban J connectivity index is 1.52. The first-order valence-corrected chi connectivity index (χ1v) is 10.8. The molecule has 4 aromatic rings. The van der Waals surface area contributed by atoms with Crippen molar-refractivity contribution in [3.8, 4) is 11.6 Å². The van der Waals surface area contributed by atoms with Crippen molar-refractivity contribution in [1.82, 2.24) is 4.57 Å². The van der Waals surface area contributed by atoms with Crippen molar-refractivity contribution in [3.63, 3.8) is 0 Å². The van der Waals surface area contributed by atoms with Gasteiger partial charge in [0.15, 0.2) is 12.3 Å². The van der Waals surface area contributed by atoms with Crippen LogP contribution in [0.2, 0.25) is 0 Å². The normalized spacial score (nSPS) is 11.6. The van der Waals surface area contributed by atoms with Gasteiger partial charge in [-0.2, -0.15) is 0 Å². The Morgan fingerprint density at radius 2 is 1.87 bits per heavy atom. The smallest absolute Gasteiger partial charge is 0.302 e. The molecule has 0 unspecified atom stereocenters. The highest BCUT2D eigenvalue weighted by atomic mass is 79.9. The molecule has 0 spiro atoms. The lowest BCUT2D eigenvalue weighted by atomic mass is 10.1. The molecule has 0 aliphatic carbocycles. The molecule has 0 bridgehead atoms. The number of amides is 1. The zero-order valence-corrected chi connectivity index (χ0v) is 18.9. The molecule has 4 rings (SSSR count). The molecule has 1 aromatic heterocycles. The largest absolute Gasteiger partial charge is 0.493 e. The van der Waals surface area contributed by atoms with Crippen molar-refractivity contribution in [3.05, 3.63) is 64.6 Å². The molecule has 0 fully saturated rings. The summed E-state index contributed by atoms with van der Waals surface area (Å²) >= 11 is 3.45. The van der Waals surface area contributed by atoms with Crippen molar-refractivity contribution in [2.45, 2.75) is 26.8 Å². The van der Waals surface area contributed by atoms with Crippen molar-refractivity contribution < 1.29 is 14.6 Å². The van der Waals surface area contributed by atoms with Gasteiger partial charge in [-0.15, -0.1) is 10.2 Å². The van der Waals surface area contributed by atoms with E-state index in [9.17, 15) is 9.90 Å². The van der Waals surface area contributed by atoms with E-state index in [1.807, 2.05) is 68.4 Å². The molecule has 0 radical (unpaired) electrons. The fraction of sp³-hybridized carbons (Fsp3) is 0.208. The first kappa shape index (κ1) is 21.1. The van der Waals surface area contributed by atoms with E-state index in [1.165, 1.54) is 0 Å². The van der Waals surface area contributed by atoms with Gasteiger partial charge in [-0.1, -0.05) is 46.6 Å². The molecule has 1 N–H and O–H groups in total. The Morgan fingerprint density at radius 3 is 2.68 bits per heavy atom. The number of fused-ring (bicyclic) bond motifs is 2. The minimum Gasteiger partial charge on any atom is -0.493 e. The average molecular weight is 480 g/mol. The Hall–Kier alpha value is -3.19. The first-order chi connectivity index (χ1) is 15.0. The molecular formula is C24H22BrN3O3. The fourth-order valence-electron chi connectivity index (χ4n) is 3.55. The maximum absolute atomic E-state index is 12.3. The van der Waals surface area contributed by atoms with Crippen molar-refractivity contribution >= 4 is 49.2 Å². The number of ether oxygens (including phenoxy) is 1. The molecule has 6 nitrogen and oxygen atoms in total. The molecule has 0 aliphatic rings. The Morgan fingerprint density at radius 1 is 1.10 bits per heavy atom. The van der Waals surface area contributed by atoms with E-state index in [4.69, 9.17) is 4.74 Å². The maximum Gasteiger partial charge on any atom is 0.302 e. The topological polar surface area (TPSA) is 76.2 Å². The number of hydrogen-bond donors (Lipinski definition) is 1. The molecule has 7 heteroatoms. The summed E-state index contributed by atoms with van der Waals surface area (Å²) in [5.74, 6) is 0.0661. The van der Waals surface area contributed by atoms with Crippen LogP contribution in [0.4, 0.5) is 5.69 Å². The third-order valence-corrected chi connectivity index (χ3v) is 5.50. The second kappa shape index (κ2) is 8.89. The lowest BCUT2D eigenvalue weighted by Gasteiger charge is -2.05. The summed E-state index contributed by atoms with van der Waals surface area (Å²) in [6.07, 6.45) is 0.858. The van der Waals surface area contributed by atoms with Crippen molar-refractivity contribution in [2.75, 3.05) is 6.61 Å². The quantitative estimate of drug-likeness (QED) is 0.313. The van der Waals surface area contributed by atoms with E-state index in [1.54, 1.807) is 4.57 Å². The van der Waals surface area contributed by atoms with E-state index in [0.717, 1.165) is 38.1 Å². The number of carbonyl (C=O) groups excluding carboxylic acids is 1. The highest BCUT2D eigenvalue weighted by Crippen LogP contribution is 2.39. The van der Waals surface area contributed by atoms with E-state index in [0.29, 0.717) is 18.0 Å². The standard InChI is InChI=1S/C24H22BrN3O3/c1-3-10-28-21-9-4-15(2)11-20(21)23(24(28)30)27-26-22(29)14-31-19-8-6-16-12-18(25)7-5-17(16)13-19/h4-9,11-13,30H,3,10,14H2,1-2H3. The molecular weight excluding hydrogens is 458 g/mol. The van der Waals surface area contributed by atoms with Gasteiger partial charge >= 0.3 is 5.91 Å². The van der Waals surface area contributed by atoms with E-state index >= 15 is 0 Å². The number of nitrogens with zero attached hydrogens (tertiary/aromatic N) is 3. The van der Waals surface area contributed by atoms with E-state index < -0.39 is 5.91 Å². The van der Waals surface area contributed by atoms with Crippen LogP contribution in [0.15, 0.2) is 69.3 Å². The Labute approximate surface area is 188 Å². The molecule has 0 saturated heterocycles. The lowest BCUT2D eigenvalue weighted by Crippen LogP contribution is -2.07. The lowest BCUT2D eigenvalue weighted by molar-refractivity contribution is -0.120. The zero-order valence-electron chi connectivity index (χ0n) is 17.3. The van der Waals surface area contributed by atoms with Gasteiger partial charge in [0.05, 0.1) is 5.52 Å². The van der Waals surface area contributed by atoms with Gasteiger partial charge < -0.3 is 14.4 Å². The number of azo groups is 1. The monoisotopic (exact) mass is 479 g/mol. The minimum atomic E-state index is -0.528. The SMILES string of the molecule is CCCn1c(O)c(N=NC(=O)COc2ccc3cc(Br)ccc3c2)c2cc(C)ccc21. The van der Waals surface area contributed by atoms with Gasteiger partial charge in [-0.05, 0) is 60.5 Å². The van der Waals surface area contributed by atoms with Gasteiger partial charge in [0.2, 0.25) is 5.88 Å². The number of aromatic nitrogens is 1. The first-order valence-electron chi connectivity index (χ1n) is 10.0. The van der Waals surface area contributed by atoms with Crippen LogP contribution in [0, 0.1) is 6.92 Å². The van der Waals surface area contributed by atoms with Crippen LogP contribution in [-0.2, 0) is 11.3 Å². The molecule has 3 aromatic carbocycles. The number of halogens is 1. The summed E-state index contributed by atoms with van der Waals surface area (Å²) in [6, 6.07) is 17.4. The van der Waals surface area contributed by atoms with Gasteiger partial charge in [0, 0.05) is 16.4 Å². The summed E-state index contributed by atoms with van der Waals surface area (Å²) in [6.45, 7) is 4.42. The molecule has 158 valence electrons. The number of benzene rings is 3. The van der Waals surface area contributed by atoms with Crippen LogP contribution in [0.25, 0.3) is 21.7 Å². The third kappa shape index (κ3) is 4.46. The highest BCUT2D eigenvalue weighted by molar-refractivity contribution is 9.10. The Bertz CT molecular complexity index is 1310. The number of carbonyl (C=O) groups is 1. The number of rotatable bonds is 6. The minimum absolute atomic E-state index is 0.0145. The molecule has 1 amide bonds. The highest BCUT2D eigenvalue weighted by Gasteiger charge is 2.16.